The number of phenolic OH excluding ortho intramolecular Hbond substituents is 1. The Labute approximate surface area is 259 Å². The zero-order chi connectivity index (χ0) is 29.2. The van der Waals surface area contributed by atoms with Crippen LogP contribution in [0.1, 0.15) is 124 Å². The maximum atomic E-state index is 11.1. The van der Waals surface area contributed by atoms with Crippen LogP contribution in [0.5, 0.6) is 11.5 Å². The van der Waals surface area contributed by atoms with Crippen LogP contribution in [0.25, 0.3) is 0 Å². The molecule has 0 bridgehead atoms. The molecular weight excluding hydrogens is 615 g/mol. The summed E-state index contributed by atoms with van der Waals surface area (Å²) >= 11 is 4.96. The summed E-state index contributed by atoms with van der Waals surface area (Å²) in [5.74, 6) is 1.40. The normalized spacial score (nSPS) is 21.4. The second-order valence-electron chi connectivity index (χ2n) is 12.7. The van der Waals surface area contributed by atoms with Gasteiger partial charge in [0.05, 0.1) is 0 Å². The summed E-state index contributed by atoms with van der Waals surface area (Å²) < 4.78 is 25.2. The molecule has 1 aromatic rings. The fraction of sp³-hybridized carbons (Fsp3) is 0.818. The van der Waals surface area contributed by atoms with E-state index in [0.29, 0.717) is 49.2 Å². The van der Waals surface area contributed by atoms with Gasteiger partial charge in [0.1, 0.15) is 0 Å². The monoisotopic (exact) mass is 672 g/mol. The Morgan fingerprint density at radius 1 is 0.732 bits per heavy atom. The van der Waals surface area contributed by atoms with Crippen LogP contribution in [0.4, 0.5) is 0 Å². The molecule has 0 amide bonds. The Kier molecular flexibility index (Phi) is 12.9. The van der Waals surface area contributed by atoms with Crippen LogP contribution in [-0.2, 0) is 13.3 Å². The minimum absolute atomic E-state index is 0.388. The van der Waals surface area contributed by atoms with Gasteiger partial charge in [-0.2, -0.15) is 0 Å². The summed E-state index contributed by atoms with van der Waals surface area (Å²) in [7, 11) is -2.71. The zero-order valence-electron chi connectivity index (χ0n) is 26.2. The third-order valence-corrected chi connectivity index (χ3v) is 27.3. The van der Waals surface area contributed by atoms with E-state index in [0.717, 1.165) is 18.2 Å². The Morgan fingerprint density at radius 2 is 1.17 bits per heavy atom. The van der Waals surface area contributed by atoms with Gasteiger partial charge in [0.2, 0.25) is 0 Å². The molecule has 8 heteroatoms. The van der Waals surface area contributed by atoms with Crippen molar-refractivity contribution in [2.75, 3.05) is 26.4 Å². The number of rotatable bonds is 15. The molecule has 41 heavy (non-hydrogen) atoms. The summed E-state index contributed by atoms with van der Waals surface area (Å²) in [6.45, 7) is 8.42. The number of hydrogen-bond donors (Lipinski definition) is 1. The van der Waals surface area contributed by atoms with Crippen molar-refractivity contribution in [1.29, 1.82) is 0 Å². The number of halogens is 1. The average molecular weight is 674 g/mol. The third-order valence-electron chi connectivity index (χ3n) is 10.4. The van der Waals surface area contributed by atoms with E-state index in [1.165, 1.54) is 102 Å². The molecule has 4 rings (SSSR count). The van der Waals surface area contributed by atoms with Crippen molar-refractivity contribution in [2.45, 2.75) is 147 Å². The van der Waals surface area contributed by atoms with Gasteiger partial charge in [-0.25, -0.2) is 0 Å². The van der Waals surface area contributed by atoms with Crippen LogP contribution in [0, 0.1) is 0 Å². The van der Waals surface area contributed by atoms with Gasteiger partial charge in [0.25, 0.3) is 0 Å². The molecule has 236 valence electrons. The summed E-state index contributed by atoms with van der Waals surface area (Å²) in [5, 5.41) is 9.68. The molecule has 0 atom stereocenters. The fourth-order valence-corrected chi connectivity index (χ4v) is 24.1. The summed E-state index contributed by atoms with van der Waals surface area (Å²) in [6.07, 6.45) is 20.8. The van der Waals surface area contributed by atoms with Gasteiger partial charge in [-0.1, -0.05) is 0 Å². The molecular formula is C33H58BrO5PSi. The van der Waals surface area contributed by atoms with E-state index in [1.54, 1.807) is 0 Å². The topological polar surface area (TPSA) is 57.2 Å². The zero-order valence-corrected chi connectivity index (χ0v) is 29.7. The molecule has 3 saturated carbocycles. The molecule has 0 unspecified atom stereocenters. The number of phenols is 1. The molecule has 0 heterocycles. The van der Waals surface area contributed by atoms with Gasteiger partial charge in [0.15, 0.2) is 0 Å². The van der Waals surface area contributed by atoms with Crippen molar-refractivity contribution in [3.63, 3.8) is 0 Å². The van der Waals surface area contributed by atoms with Gasteiger partial charge in [0, 0.05) is 0 Å². The Morgan fingerprint density at radius 3 is 1.59 bits per heavy atom. The molecule has 0 spiro atoms. The first-order chi connectivity index (χ1) is 19.9. The van der Waals surface area contributed by atoms with Gasteiger partial charge in [-0.3, -0.25) is 0 Å². The van der Waals surface area contributed by atoms with Crippen molar-refractivity contribution in [2.24, 2.45) is 0 Å². The van der Waals surface area contributed by atoms with Gasteiger partial charge in [-0.05, 0) is 0 Å². The van der Waals surface area contributed by atoms with E-state index in [1.807, 2.05) is 26.8 Å². The molecule has 1 aromatic carbocycles. The Hall–Kier alpha value is -0.173. The molecule has 3 aliphatic rings. The quantitative estimate of drug-likeness (QED) is 0.114. The number of aromatic hydroxyl groups is 1. The minimum atomic E-state index is -2.75. The first kappa shape index (κ1) is 33.7. The van der Waals surface area contributed by atoms with Crippen molar-refractivity contribution < 1.29 is 23.1 Å². The summed E-state index contributed by atoms with van der Waals surface area (Å²) in [5.41, 5.74) is 2.04. The molecule has 3 aliphatic carbocycles. The average Bonchev–Trinajstić information content (AvgIpc) is 3.01. The van der Waals surface area contributed by atoms with Crippen molar-refractivity contribution in [3.8, 4) is 11.5 Å². The van der Waals surface area contributed by atoms with Gasteiger partial charge < -0.3 is 0 Å². The standard InChI is InChI=1S/C33H58BrO5PSi/c1-4-37-41(38-5-2,39-6-3)26-16-25-36-32-24-23-28(35)27-33(32)40(34,29-17-10-7-11-18-29,30-19-12-8-13-20-30)31-21-14-9-15-22-31/h23-24,27,29-31,35H,4-22,25-26H2,1-3H3. The first-order valence-electron chi connectivity index (χ1n) is 17.0. The van der Waals surface area contributed by atoms with E-state index in [9.17, 15) is 5.11 Å². The predicted octanol–water partition coefficient (Wildman–Crippen LogP) is 9.70. The van der Waals surface area contributed by atoms with Crippen molar-refractivity contribution in [1.82, 2.24) is 0 Å². The summed E-state index contributed by atoms with van der Waals surface area (Å²) in [6, 6.07) is 6.83. The second kappa shape index (κ2) is 15.7. The molecule has 3 fully saturated rings. The molecule has 1 N–H and O–H groups in total. The van der Waals surface area contributed by atoms with Crippen LogP contribution >= 0.6 is 20.8 Å². The molecule has 0 aromatic heterocycles. The number of ether oxygens (including phenoxy) is 1. The van der Waals surface area contributed by atoms with Crippen molar-refractivity contribution in [3.05, 3.63) is 18.2 Å². The van der Waals surface area contributed by atoms with E-state index in [2.05, 4.69) is 12.1 Å². The van der Waals surface area contributed by atoms with Crippen LogP contribution in [0.2, 0.25) is 6.04 Å². The van der Waals surface area contributed by atoms with Gasteiger partial charge in [-0.15, -0.1) is 0 Å². The number of benzene rings is 1. The van der Waals surface area contributed by atoms with Crippen LogP contribution in [0.15, 0.2) is 18.2 Å². The van der Waals surface area contributed by atoms with E-state index >= 15 is 0 Å². The molecule has 0 saturated heterocycles. The Bertz CT molecular complexity index is 865. The predicted molar refractivity (Wildman–Crippen MR) is 180 cm³/mol. The van der Waals surface area contributed by atoms with E-state index in [-0.39, 0.29) is 0 Å². The van der Waals surface area contributed by atoms with E-state index in [4.69, 9.17) is 33.5 Å². The van der Waals surface area contributed by atoms with Gasteiger partial charge >= 0.3 is 261 Å². The fourth-order valence-electron chi connectivity index (χ4n) is 8.77. The summed E-state index contributed by atoms with van der Waals surface area (Å²) in [4.78, 5) is 0. The van der Waals surface area contributed by atoms with Crippen LogP contribution in [0.3, 0.4) is 0 Å². The molecule has 0 radical (unpaired) electrons. The molecule has 5 nitrogen and oxygen atoms in total. The van der Waals surface area contributed by atoms with Crippen LogP contribution < -0.4 is 10.0 Å². The van der Waals surface area contributed by atoms with Crippen LogP contribution in [-0.4, -0.2) is 57.3 Å². The number of hydrogen-bond acceptors (Lipinski definition) is 5. The SMILES string of the molecule is CCO[Si](CCCOc1ccc(O)cc1P(Br)(C1CCCCC1)(C1CCCCC1)C1CCCCC1)(OCC)OCC. The maximum absolute atomic E-state index is 11.1. The molecule has 0 aliphatic heterocycles. The van der Waals surface area contributed by atoms with Crippen molar-refractivity contribution >= 4 is 34.9 Å². The first-order valence-corrected chi connectivity index (χ1v) is 23.4. The second-order valence-corrected chi connectivity index (χ2v) is 25.3. The van der Waals surface area contributed by atoms with E-state index < -0.39 is 14.1 Å². The third kappa shape index (κ3) is 7.22. The Balaban J connectivity index is 1.72.